The first-order valence-electron chi connectivity index (χ1n) is 5.32. The molecule has 1 aromatic heterocycles. The van der Waals surface area contributed by atoms with Gasteiger partial charge >= 0.3 is 0 Å². The topological polar surface area (TPSA) is 43.8 Å². The summed E-state index contributed by atoms with van der Waals surface area (Å²) in [5.74, 6) is 0.800. The van der Waals surface area contributed by atoms with Crippen molar-refractivity contribution in [3.63, 3.8) is 0 Å². The van der Waals surface area contributed by atoms with Gasteiger partial charge in [-0.3, -0.25) is 0 Å². The minimum atomic E-state index is 0.0653. The van der Waals surface area contributed by atoms with Crippen LogP contribution in [0.3, 0.4) is 0 Å². The Labute approximate surface area is 85.3 Å². The van der Waals surface area contributed by atoms with Crippen LogP contribution >= 0.6 is 0 Å². The Bertz CT molecular complexity index is 321. The van der Waals surface area contributed by atoms with Crippen molar-refractivity contribution in [3.8, 4) is 0 Å². The molecular formula is C11H19N3. The number of nitrogens with two attached hydrogens (primary N) is 1. The van der Waals surface area contributed by atoms with E-state index in [2.05, 4.69) is 23.4 Å². The fourth-order valence-corrected chi connectivity index (χ4v) is 2.11. The molecule has 1 fully saturated rings. The number of nitrogens with zero attached hydrogens (tertiary/aromatic N) is 2. The van der Waals surface area contributed by atoms with Gasteiger partial charge in [0.2, 0.25) is 0 Å². The van der Waals surface area contributed by atoms with Crippen LogP contribution in [0, 0.1) is 5.92 Å². The van der Waals surface area contributed by atoms with Crippen molar-refractivity contribution in [2.75, 3.05) is 0 Å². The maximum atomic E-state index is 5.92. The van der Waals surface area contributed by atoms with Crippen LogP contribution in [-0.4, -0.2) is 9.55 Å². The molecule has 0 amide bonds. The lowest BCUT2D eigenvalue weighted by atomic mass is 9.97. The number of hydrogen-bond donors (Lipinski definition) is 1. The first kappa shape index (κ1) is 9.71. The standard InChI is InChI=1S/C11H19N3/c1-8(12)10-6-13-7-14(10)11(2,3)9-4-5-9/h6-9H,4-5,12H2,1-3H3/t8-/m1/s1. The Morgan fingerprint density at radius 1 is 1.57 bits per heavy atom. The molecular weight excluding hydrogens is 174 g/mol. The van der Waals surface area contributed by atoms with Gasteiger partial charge in [0.25, 0.3) is 0 Å². The smallest absolute Gasteiger partial charge is 0.0953 e. The lowest BCUT2D eigenvalue weighted by molar-refractivity contribution is 0.292. The predicted octanol–water partition coefficient (Wildman–Crippen LogP) is 2.05. The van der Waals surface area contributed by atoms with Crippen LogP contribution in [0.5, 0.6) is 0 Å². The van der Waals surface area contributed by atoms with Gasteiger partial charge in [-0.2, -0.15) is 0 Å². The number of aromatic nitrogens is 2. The molecule has 3 heteroatoms. The zero-order valence-electron chi connectivity index (χ0n) is 9.20. The molecule has 1 atom stereocenters. The van der Waals surface area contributed by atoms with Crippen molar-refractivity contribution < 1.29 is 0 Å². The molecule has 0 aromatic carbocycles. The molecule has 1 aliphatic carbocycles. The maximum Gasteiger partial charge on any atom is 0.0953 e. The highest BCUT2D eigenvalue weighted by Gasteiger charge is 2.40. The molecule has 1 aromatic rings. The largest absolute Gasteiger partial charge is 0.327 e. The van der Waals surface area contributed by atoms with Crippen LogP contribution in [0.2, 0.25) is 0 Å². The third-order valence-corrected chi connectivity index (χ3v) is 3.33. The molecule has 1 saturated carbocycles. The van der Waals surface area contributed by atoms with Crippen molar-refractivity contribution in [1.82, 2.24) is 9.55 Å². The van der Waals surface area contributed by atoms with E-state index in [9.17, 15) is 0 Å². The molecule has 0 radical (unpaired) electrons. The van der Waals surface area contributed by atoms with Crippen LogP contribution in [0.4, 0.5) is 0 Å². The second-order valence-electron chi connectivity index (χ2n) is 4.91. The second kappa shape index (κ2) is 3.09. The third-order valence-electron chi connectivity index (χ3n) is 3.33. The Kier molecular flexibility index (Phi) is 2.14. The Balaban J connectivity index is 2.34. The normalized spacial score (nSPS) is 19.7. The van der Waals surface area contributed by atoms with E-state index in [0.717, 1.165) is 11.6 Å². The van der Waals surface area contributed by atoms with E-state index in [4.69, 9.17) is 5.73 Å². The second-order valence-corrected chi connectivity index (χ2v) is 4.91. The third kappa shape index (κ3) is 1.46. The van der Waals surface area contributed by atoms with E-state index in [1.807, 2.05) is 19.4 Å². The maximum absolute atomic E-state index is 5.92. The van der Waals surface area contributed by atoms with Gasteiger partial charge in [0.15, 0.2) is 0 Å². The monoisotopic (exact) mass is 193 g/mol. The Hall–Kier alpha value is -0.830. The minimum Gasteiger partial charge on any atom is -0.327 e. The summed E-state index contributed by atoms with van der Waals surface area (Å²) < 4.78 is 2.25. The summed E-state index contributed by atoms with van der Waals surface area (Å²) in [6.45, 7) is 6.56. The fourth-order valence-electron chi connectivity index (χ4n) is 2.11. The van der Waals surface area contributed by atoms with Gasteiger partial charge in [0.05, 0.1) is 12.0 Å². The minimum absolute atomic E-state index is 0.0653. The molecule has 78 valence electrons. The molecule has 2 N–H and O–H groups in total. The van der Waals surface area contributed by atoms with Crippen LogP contribution in [-0.2, 0) is 5.54 Å². The summed E-state index contributed by atoms with van der Waals surface area (Å²) in [7, 11) is 0. The van der Waals surface area contributed by atoms with E-state index in [0.29, 0.717) is 0 Å². The van der Waals surface area contributed by atoms with Crippen molar-refractivity contribution in [3.05, 3.63) is 18.2 Å². The SMILES string of the molecule is C[C@@H](N)c1cncn1C(C)(C)C1CC1. The molecule has 3 nitrogen and oxygen atoms in total. The molecule has 2 rings (SSSR count). The van der Waals surface area contributed by atoms with E-state index in [-0.39, 0.29) is 11.6 Å². The lowest BCUT2D eigenvalue weighted by Gasteiger charge is -2.29. The molecule has 0 bridgehead atoms. The zero-order chi connectivity index (χ0) is 10.3. The van der Waals surface area contributed by atoms with E-state index in [1.165, 1.54) is 12.8 Å². The van der Waals surface area contributed by atoms with Crippen molar-refractivity contribution >= 4 is 0 Å². The predicted molar refractivity (Wildman–Crippen MR) is 56.9 cm³/mol. The van der Waals surface area contributed by atoms with Gasteiger partial charge < -0.3 is 10.3 Å². The van der Waals surface area contributed by atoms with Crippen LogP contribution < -0.4 is 5.73 Å². The fraction of sp³-hybridized carbons (Fsp3) is 0.727. The highest BCUT2D eigenvalue weighted by Crippen LogP contribution is 2.44. The summed E-state index contributed by atoms with van der Waals surface area (Å²) in [6.07, 6.45) is 6.47. The summed E-state index contributed by atoms with van der Waals surface area (Å²) >= 11 is 0. The molecule has 1 aliphatic rings. The summed E-state index contributed by atoms with van der Waals surface area (Å²) in [5.41, 5.74) is 7.24. The molecule has 0 unspecified atom stereocenters. The van der Waals surface area contributed by atoms with Gasteiger partial charge in [-0.15, -0.1) is 0 Å². The highest BCUT2D eigenvalue weighted by molar-refractivity contribution is 5.09. The molecule has 0 aliphatic heterocycles. The summed E-state index contributed by atoms with van der Waals surface area (Å²) in [5, 5.41) is 0. The van der Waals surface area contributed by atoms with Crippen molar-refractivity contribution in [2.45, 2.75) is 45.2 Å². The lowest BCUT2D eigenvalue weighted by Crippen LogP contribution is -2.31. The van der Waals surface area contributed by atoms with Crippen LogP contribution in [0.25, 0.3) is 0 Å². The highest BCUT2D eigenvalue weighted by atomic mass is 15.1. The molecule has 0 saturated heterocycles. The van der Waals surface area contributed by atoms with Crippen molar-refractivity contribution in [1.29, 1.82) is 0 Å². The first-order valence-corrected chi connectivity index (χ1v) is 5.32. The molecule has 14 heavy (non-hydrogen) atoms. The van der Waals surface area contributed by atoms with E-state index in [1.54, 1.807) is 0 Å². The first-order chi connectivity index (χ1) is 6.53. The number of hydrogen-bond acceptors (Lipinski definition) is 2. The van der Waals surface area contributed by atoms with Crippen molar-refractivity contribution in [2.24, 2.45) is 11.7 Å². The van der Waals surface area contributed by atoms with Crippen LogP contribution in [0.15, 0.2) is 12.5 Å². The van der Waals surface area contributed by atoms with E-state index < -0.39 is 0 Å². The average Bonchev–Trinajstić information content (AvgIpc) is 2.82. The van der Waals surface area contributed by atoms with Gasteiger partial charge in [0, 0.05) is 17.8 Å². The average molecular weight is 193 g/mol. The molecule has 0 spiro atoms. The van der Waals surface area contributed by atoms with Gasteiger partial charge in [-0.1, -0.05) is 0 Å². The van der Waals surface area contributed by atoms with Gasteiger partial charge in [-0.25, -0.2) is 4.98 Å². The van der Waals surface area contributed by atoms with E-state index >= 15 is 0 Å². The zero-order valence-corrected chi connectivity index (χ0v) is 9.20. The number of rotatable bonds is 3. The molecule has 1 heterocycles. The summed E-state index contributed by atoms with van der Waals surface area (Å²) in [6, 6.07) is 0.0653. The quantitative estimate of drug-likeness (QED) is 0.798. The van der Waals surface area contributed by atoms with Gasteiger partial charge in [-0.05, 0) is 39.5 Å². The summed E-state index contributed by atoms with van der Waals surface area (Å²) in [4.78, 5) is 4.20. The van der Waals surface area contributed by atoms with Crippen LogP contribution in [0.1, 0.15) is 45.3 Å². The Morgan fingerprint density at radius 3 is 2.71 bits per heavy atom. The Morgan fingerprint density at radius 2 is 2.21 bits per heavy atom. The van der Waals surface area contributed by atoms with Gasteiger partial charge in [0.1, 0.15) is 0 Å². The number of imidazole rings is 1.